The van der Waals surface area contributed by atoms with E-state index in [4.69, 9.17) is 11.6 Å². The van der Waals surface area contributed by atoms with Crippen molar-refractivity contribution in [3.05, 3.63) is 46.3 Å². The van der Waals surface area contributed by atoms with Crippen molar-refractivity contribution in [1.29, 1.82) is 0 Å². The quantitative estimate of drug-likeness (QED) is 0.783. The number of hydrogen-bond donors (Lipinski definition) is 1. The number of benzene rings is 1. The van der Waals surface area contributed by atoms with Gasteiger partial charge in [-0.15, -0.1) is 0 Å². The van der Waals surface area contributed by atoms with E-state index in [0.717, 1.165) is 12.1 Å². The van der Waals surface area contributed by atoms with Crippen molar-refractivity contribution >= 4 is 11.6 Å². The van der Waals surface area contributed by atoms with Crippen LogP contribution >= 0.6 is 11.6 Å². The molecular formula is C13H17ClFN. The molecule has 0 aliphatic heterocycles. The molecule has 1 aromatic rings. The second-order valence-corrected chi connectivity index (χ2v) is 4.36. The number of hydrogen-bond acceptors (Lipinski definition) is 1. The summed E-state index contributed by atoms with van der Waals surface area (Å²) in [5.74, 6) is -0.377. The van der Waals surface area contributed by atoms with E-state index in [1.165, 1.54) is 11.6 Å². The molecule has 1 nitrogen and oxygen atoms in total. The SMILES string of the molecule is CCNC(C=C(C)C)c1ccc(F)c(Cl)c1. The Balaban J connectivity index is 3.01. The first-order chi connectivity index (χ1) is 7.54. The third-order valence-electron chi connectivity index (χ3n) is 2.23. The van der Waals surface area contributed by atoms with Gasteiger partial charge in [0.2, 0.25) is 0 Å². The van der Waals surface area contributed by atoms with Crippen molar-refractivity contribution < 1.29 is 4.39 Å². The second-order valence-electron chi connectivity index (χ2n) is 3.95. The molecule has 88 valence electrons. The summed E-state index contributed by atoms with van der Waals surface area (Å²) in [5.41, 5.74) is 2.20. The van der Waals surface area contributed by atoms with Crippen LogP contribution in [-0.4, -0.2) is 6.54 Å². The van der Waals surface area contributed by atoms with Crippen LogP contribution < -0.4 is 5.32 Å². The van der Waals surface area contributed by atoms with E-state index < -0.39 is 0 Å². The third kappa shape index (κ3) is 3.62. The Labute approximate surface area is 101 Å². The Morgan fingerprint density at radius 3 is 2.69 bits per heavy atom. The van der Waals surface area contributed by atoms with Crippen molar-refractivity contribution in [3.8, 4) is 0 Å². The van der Waals surface area contributed by atoms with Gasteiger partial charge in [0, 0.05) is 0 Å². The van der Waals surface area contributed by atoms with Crippen LogP contribution in [0.15, 0.2) is 29.8 Å². The number of allylic oxidation sites excluding steroid dienone is 1. The molecule has 0 fully saturated rings. The van der Waals surface area contributed by atoms with E-state index >= 15 is 0 Å². The van der Waals surface area contributed by atoms with Gasteiger partial charge in [0.1, 0.15) is 5.82 Å². The maximum atomic E-state index is 13.0. The highest BCUT2D eigenvalue weighted by molar-refractivity contribution is 6.30. The zero-order chi connectivity index (χ0) is 12.1. The number of halogens is 2. The van der Waals surface area contributed by atoms with Gasteiger partial charge in [-0.2, -0.15) is 0 Å². The van der Waals surface area contributed by atoms with Crippen LogP contribution in [0.5, 0.6) is 0 Å². The molecule has 0 saturated heterocycles. The summed E-state index contributed by atoms with van der Waals surface area (Å²) in [7, 11) is 0. The van der Waals surface area contributed by atoms with Crippen LogP contribution in [0.3, 0.4) is 0 Å². The van der Waals surface area contributed by atoms with Crippen molar-refractivity contribution in [2.24, 2.45) is 0 Å². The minimum Gasteiger partial charge on any atom is -0.307 e. The molecule has 0 radical (unpaired) electrons. The lowest BCUT2D eigenvalue weighted by Crippen LogP contribution is -2.19. The van der Waals surface area contributed by atoms with E-state index in [-0.39, 0.29) is 16.9 Å². The highest BCUT2D eigenvalue weighted by atomic mass is 35.5. The van der Waals surface area contributed by atoms with Crippen LogP contribution in [0.1, 0.15) is 32.4 Å². The van der Waals surface area contributed by atoms with Gasteiger partial charge in [-0.1, -0.05) is 36.2 Å². The van der Waals surface area contributed by atoms with Crippen LogP contribution in [0, 0.1) is 5.82 Å². The van der Waals surface area contributed by atoms with Gasteiger partial charge in [0.05, 0.1) is 11.1 Å². The smallest absolute Gasteiger partial charge is 0.141 e. The molecule has 0 spiro atoms. The predicted octanol–water partition coefficient (Wildman–Crippen LogP) is 4.10. The maximum Gasteiger partial charge on any atom is 0.141 e. The van der Waals surface area contributed by atoms with Gasteiger partial charge in [-0.25, -0.2) is 4.39 Å². The average molecular weight is 242 g/mol. The fraction of sp³-hybridized carbons (Fsp3) is 0.385. The monoisotopic (exact) mass is 241 g/mol. The lowest BCUT2D eigenvalue weighted by Gasteiger charge is -2.15. The Kier molecular flexibility index (Phi) is 4.97. The Morgan fingerprint density at radius 1 is 1.50 bits per heavy atom. The molecule has 0 aliphatic carbocycles. The topological polar surface area (TPSA) is 12.0 Å². The minimum atomic E-state index is -0.377. The van der Waals surface area contributed by atoms with Gasteiger partial charge < -0.3 is 5.32 Å². The molecule has 0 bridgehead atoms. The highest BCUT2D eigenvalue weighted by Gasteiger charge is 2.09. The summed E-state index contributed by atoms with van der Waals surface area (Å²) in [6.07, 6.45) is 2.10. The molecule has 0 heterocycles. The standard InChI is InChI=1S/C13H17ClFN/c1-4-16-13(7-9(2)3)10-5-6-12(15)11(14)8-10/h5-8,13,16H,4H2,1-3H3. The molecule has 0 aromatic heterocycles. The fourth-order valence-electron chi connectivity index (χ4n) is 1.53. The lowest BCUT2D eigenvalue weighted by atomic mass is 10.0. The molecule has 1 unspecified atom stereocenters. The van der Waals surface area contributed by atoms with Gasteiger partial charge in [0.25, 0.3) is 0 Å². The van der Waals surface area contributed by atoms with E-state index in [2.05, 4.69) is 11.4 Å². The first-order valence-electron chi connectivity index (χ1n) is 5.38. The number of nitrogens with one attached hydrogen (secondary N) is 1. The normalized spacial score (nSPS) is 12.3. The summed E-state index contributed by atoms with van der Waals surface area (Å²) in [6, 6.07) is 4.92. The van der Waals surface area contributed by atoms with E-state index in [0.29, 0.717) is 0 Å². The van der Waals surface area contributed by atoms with Crippen LogP contribution in [0.4, 0.5) is 4.39 Å². The van der Waals surface area contributed by atoms with Crippen LogP contribution in [0.2, 0.25) is 5.02 Å². The highest BCUT2D eigenvalue weighted by Crippen LogP contribution is 2.22. The molecular weight excluding hydrogens is 225 g/mol. The molecule has 0 saturated carbocycles. The molecule has 1 aromatic carbocycles. The summed E-state index contributed by atoms with van der Waals surface area (Å²) >= 11 is 5.77. The molecule has 0 aliphatic rings. The minimum absolute atomic E-state index is 0.0908. The summed E-state index contributed by atoms with van der Waals surface area (Å²) < 4.78 is 13.0. The van der Waals surface area contributed by atoms with E-state index in [1.807, 2.05) is 20.8 Å². The molecule has 3 heteroatoms. The predicted molar refractivity (Wildman–Crippen MR) is 67.3 cm³/mol. The van der Waals surface area contributed by atoms with E-state index in [1.54, 1.807) is 12.1 Å². The van der Waals surface area contributed by atoms with Crippen LogP contribution in [0.25, 0.3) is 0 Å². The average Bonchev–Trinajstić information content (AvgIpc) is 2.21. The first-order valence-corrected chi connectivity index (χ1v) is 5.75. The fourth-order valence-corrected chi connectivity index (χ4v) is 1.72. The first kappa shape index (κ1) is 13.2. The number of likely N-dealkylation sites (N-methyl/N-ethyl adjacent to an activating group) is 1. The number of rotatable bonds is 4. The summed E-state index contributed by atoms with van der Waals surface area (Å²) in [4.78, 5) is 0. The largest absolute Gasteiger partial charge is 0.307 e. The molecule has 1 N–H and O–H groups in total. The second kappa shape index (κ2) is 6.02. The Bertz CT molecular complexity index is 384. The molecule has 16 heavy (non-hydrogen) atoms. The Morgan fingerprint density at radius 2 is 2.19 bits per heavy atom. The molecule has 0 amide bonds. The molecule has 1 atom stereocenters. The van der Waals surface area contributed by atoms with Gasteiger partial charge in [-0.05, 0) is 38.1 Å². The lowest BCUT2D eigenvalue weighted by molar-refractivity contribution is 0.619. The van der Waals surface area contributed by atoms with Crippen molar-refractivity contribution in [2.45, 2.75) is 26.8 Å². The van der Waals surface area contributed by atoms with Gasteiger partial charge >= 0.3 is 0 Å². The zero-order valence-corrected chi connectivity index (χ0v) is 10.6. The van der Waals surface area contributed by atoms with Crippen molar-refractivity contribution in [3.63, 3.8) is 0 Å². The third-order valence-corrected chi connectivity index (χ3v) is 2.52. The summed E-state index contributed by atoms with van der Waals surface area (Å²) in [5, 5.41) is 3.49. The maximum absolute atomic E-state index is 13.0. The van der Waals surface area contributed by atoms with E-state index in [9.17, 15) is 4.39 Å². The zero-order valence-electron chi connectivity index (χ0n) is 9.85. The van der Waals surface area contributed by atoms with Gasteiger partial charge in [-0.3, -0.25) is 0 Å². The Hall–Kier alpha value is -0.860. The summed E-state index contributed by atoms with van der Waals surface area (Å²) in [6.45, 7) is 6.96. The van der Waals surface area contributed by atoms with Crippen LogP contribution in [-0.2, 0) is 0 Å². The van der Waals surface area contributed by atoms with Crippen molar-refractivity contribution in [1.82, 2.24) is 5.32 Å². The van der Waals surface area contributed by atoms with Gasteiger partial charge in [0.15, 0.2) is 0 Å². The van der Waals surface area contributed by atoms with Crippen molar-refractivity contribution in [2.75, 3.05) is 6.54 Å². The molecule has 1 rings (SSSR count).